The average Bonchev–Trinajstić information content (AvgIpc) is 3.53. The number of nitrogens with one attached hydrogen (secondary N) is 1. The van der Waals surface area contributed by atoms with Crippen LogP contribution in [0.25, 0.3) is 22.3 Å². The van der Waals surface area contributed by atoms with Crippen LogP contribution in [0.2, 0.25) is 5.02 Å². The summed E-state index contributed by atoms with van der Waals surface area (Å²) in [5.41, 5.74) is 2.37. The summed E-state index contributed by atoms with van der Waals surface area (Å²) in [5, 5.41) is 18.9. The molecule has 214 valence electrons. The number of fused-ring (bicyclic) bond motifs is 2. The number of rotatable bonds is 6. The monoisotopic (exact) mass is 573 g/mol. The van der Waals surface area contributed by atoms with Crippen LogP contribution in [0.1, 0.15) is 32.0 Å². The number of carbonyl (C=O) groups excluding carboxylic acids is 1. The van der Waals surface area contributed by atoms with Crippen molar-refractivity contribution < 1.29 is 9.53 Å². The molecule has 2 aliphatic rings. The van der Waals surface area contributed by atoms with Crippen molar-refractivity contribution in [3.63, 3.8) is 0 Å². The molecule has 2 aromatic carbocycles. The molecule has 0 amide bonds. The van der Waals surface area contributed by atoms with Gasteiger partial charge in [0.2, 0.25) is 0 Å². The number of hydrogen-bond donors (Lipinski definition) is 1. The first kappa shape index (κ1) is 27.6. The highest BCUT2D eigenvalue weighted by Crippen LogP contribution is 2.45. The molecule has 6 rings (SSSR count). The molecule has 1 fully saturated rings. The third-order valence-corrected chi connectivity index (χ3v) is 8.21. The standard InChI is InChI=1S/C31H36ClN7O2/c1-30(2,3)41-29(40)31(20-22-12-8-9-13-23(22)33-31)27-24-25(32)26(21-10-6-5-7-11-21)34-35-28(24)39(36-27)19-18-38-16-14-37(4)15-17-38/h5-13,33H,14-20H2,1-4H3. The molecule has 0 saturated carbocycles. The largest absolute Gasteiger partial charge is 0.458 e. The normalized spacial score (nSPS) is 19.7. The van der Waals surface area contributed by atoms with Crippen LogP contribution in [-0.2, 0) is 28.0 Å². The Labute approximate surface area is 245 Å². The van der Waals surface area contributed by atoms with Crippen molar-refractivity contribution in [1.82, 2.24) is 29.8 Å². The van der Waals surface area contributed by atoms with Crippen molar-refractivity contribution in [2.75, 3.05) is 45.1 Å². The van der Waals surface area contributed by atoms with Gasteiger partial charge < -0.3 is 15.0 Å². The maximum Gasteiger partial charge on any atom is 0.339 e. The predicted octanol–water partition coefficient (Wildman–Crippen LogP) is 4.60. The summed E-state index contributed by atoms with van der Waals surface area (Å²) < 4.78 is 7.90. The highest BCUT2D eigenvalue weighted by Gasteiger charge is 2.51. The van der Waals surface area contributed by atoms with E-state index in [1.807, 2.05) is 80.1 Å². The van der Waals surface area contributed by atoms with E-state index in [0.717, 1.165) is 49.5 Å². The number of halogens is 1. The summed E-state index contributed by atoms with van der Waals surface area (Å²) in [7, 11) is 2.15. The molecular formula is C31H36ClN7O2. The van der Waals surface area contributed by atoms with Gasteiger partial charge in [-0.05, 0) is 39.4 Å². The number of esters is 1. The molecular weight excluding hydrogens is 538 g/mol. The molecule has 2 aromatic heterocycles. The molecule has 9 nitrogen and oxygen atoms in total. The first-order valence-electron chi connectivity index (χ1n) is 14.1. The molecule has 0 radical (unpaired) electrons. The van der Waals surface area contributed by atoms with Gasteiger partial charge in [0, 0.05) is 50.4 Å². The number of para-hydroxylation sites is 1. The fourth-order valence-electron chi connectivity index (χ4n) is 5.64. The lowest BCUT2D eigenvalue weighted by Crippen LogP contribution is -2.47. The lowest BCUT2D eigenvalue weighted by Gasteiger charge is -2.32. The van der Waals surface area contributed by atoms with Crippen LogP contribution in [0.4, 0.5) is 5.69 Å². The smallest absolute Gasteiger partial charge is 0.339 e. The SMILES string of the molecule is CN1CCN(CCn2nc(C3(C(=O)OC(C)(C)C)Cc4ccccc4N3)c3c(Cl)c(-c4ccccc4)nnc32)CC1. The zero-order valence-corrected chi connectivity index (χ0v) is 24.8. The van der Waals surface area contributed by atoms with E-state index in [-0.39, 0.29) is 0 Å². The third-order valence-electron chi connectivity index (χ3n) is 7.84. The van der Waals surface area contributed by atoms with E-state index in [1.165, 1.54) is 0 Å². The summed E-state index contributed by atoms with van der Waals surface area (Å²) in [6, 6.07) is 17.7. The number of piperazine rings is 1. The van der Waals surface area contributed by atoms with Gasteiger partial charge in [0.15, 0.2) is 11.2 Å². The Bertz CT molecular complexity index is 1550. The number of ether oxygens (including phenoxy) is 1. The van der Waals surface area contributed by atoms with Crippen LogP contribution in [0.5, 0.6) is 0 Å². The molecule has 4 aromatic rings. The van der Waals surface area contributed by atoms with E-state index < -0.39 is 17.1 Å². The first-order chi connectivity index (χ1) is 19.6. The van der Waals surface area contributed by atoms with Gasteiger partial charge in [0.05, 0.1) is 17.0 Å². The fourth-order valence-corrected chi connectivity index (χ4v) is 5.96. The molecule has 0 spiro atoms. The number of carbonyl (C=O) groups is 1. The second-order valence-electron chi connectivity index (χ2n) is 12.0. The summed E-state index contributed by atoms with van der Waals surface area (Å²) in [5.74, 6) is -0.402. The Kier molecular flexibility index (Phi) is 7.21. The second-order valence-corrected chi connectivity index (χ2v) is 12.4. The van der Waals surface area contributed by atoms with E-state index in [9.17, 15) is 4.79 Å². The van der Waals surface area contributed by atoms with Gasteiger partial charge in [-0.2, -0.15) is 5.10 Å². The highest BCUT2D eigenvalue weighted by molar-refractivity contribution is 6.38. The van der Waals surface area contributed by atoms with Gasteiger partial charge in [0.1, 0.15) is 17.0 Å². The summed E-state index contributed by atoms with van der Waals surface area (Å²) in [6.07, 6.45) is 0.377. The number of likely N-dealkylation sites (N-methyl/N-ethyl adjacent to an activating group) is 1. The van der Waals surface area contributed by atoms with E-state index >= 15 is 0 Å². The Morgan fingerprint density at radius 2 is 1.71 bits per heavy atom. The Hall–Kier alpha value is -3.53. The lowest BCUT2D eigenvalue weighted by atomic mass is 9.89. The lowest BCUT2D eigenvalue weighted by molar-refractivity contribution is -0.161. The average molecular weight is 574 g/mol. The van der Waals surface area contributed by atoms with Gasteiger partial charge >= 0.3 is 5.97 Å². The van der Waals surface area contributed by atoms with Gasteiger partial charge in [-0.3, -0.25) is 4.90 Å². The summed E-state index contributed by atoms with van der Waals surface area (Å²) in [6.45, 7) is 11.1. The quantitative estimate of drug-likeness (QED) is 0.335. The number of aromatic nitrogens is 4. The van der Waals surface area contributed by atoms with Crippen molar-refractivity contribution in [2.24, 2.45) is 0 Å². The zero-order valence-electron chi connectivity index (χ0n) is 24.0. The summed E-state index contributed by atoms with van der Waals surface area (Å²) in [4.78, 5) is 18.9. The van der Waals surface area contributed by atoms with Crippen molar-refractivity contribution in [3.05, 3.63) is 70.9 Å². The van der Waals surface area contributed by atoms with E-state index in [4.69, 9.17) is 21.4 Å². The maximum atomic E-state index is 14.2. The van der Waals surface area contributed by atoms with Crippen LogP contribution in [0, 0.1) is 0 Å². The van der Waals surface area contributed by atoms with Gasteiger partial charge in [0.25, 0.3) is 0 Å². The maximum absolute atomic E-state index is 14.2. The molecule has 1 atom stereocenters. The van der Waals surface area contributed by atoms with Crippen molar-refractivity contribution in [1.29, 1.82) is 0 Å². The van der Waals surface area contributed by atoms with Crippen LogP contribution in [0.3, 0.4) is 0 Å². The molecule has 1 unspecified atom stereocenters. The van der Waals surface area contributed by atoms with Crippen molar-refractivity contribution in [3.8, 4) is 11.3 Å². The molecule has 4 heterocycles. The predicted molar refractivity (Wildman–Crippen MR) is 161 cm³/mol. The van der Waals surface area contributed by atoms with Crippen LogP contribution in [0.15, 0.2) is 54.6 Å². The minimum atomic E-state index is -1.28. The number of hydrogen-bond acceptors (Lipinski definition) is 8. The highest BCUT2D eigenvalue weighted by atomic mass is 35.5. The third kappa shape index (κ3) is 5.29. The molecule has 0 aliphatic carbocycles. The molecule has 1 saturated heterocycles. The van der Waals surface area contributed by atoms with Gasteiger partial charge in [-0.25, -0.2) is 9.48 Å². The van der Waals surface area contributed by atoms with Crippen LogP contribution in [-0.4, -0.2) is 81.1 Å². The van der Waals surface area contributed by atoms with Gasteiger partial charge in [-0.15, -0.1) is 10.2 Å². The second kappa shape index (κ2) is 10.7. The number of nitrogens with zero attached hydrogens (tertiary/aromatic N) is 6. The first-order valence-corrected chi connectivity index (χ1v) is 14.5. The topological polar surface area (TPSA) is 88.4 Å². The minimum Gasteiger partial charge on any atom is -0.458 e. The van der Waals surface area contributed by atoms with Crippen LogP contribution >= 0.6 is 11.6 Å². The fraction of sp³-hybridized carbons (Fsp3) is 0.419. The minimum absolute atomic E-state index is 0.377. The Morgan fingerprint density at radius 1 is 1.00 bits per heavy atom. The zero-order chi connectivity index (χ0) is 28.8. The van der Waals surface area contributed by atoms with E-state index in [1.54, 1.807) is 0 Å². The van der Waals surface area contributed by atoms with E-state index in [2.05, 4.69) is 32.4 Å². The summed E-state index contributed by atoms with van der Waals surface area (Å²) >= 11 is 7.20. The van der Waals surface area contributed by atoms with Crippen molar-refractivity contribution >= 4 is 34.3 Å². The Balaban J connectivity index is 1.51. The van der Waals surface area contributed by atoms with Crippen LogP contribution < -0.4 is 5.32 Å². The number of benzene rings is 2. The Morgan fingerprint density at radius 3 is 2.41 bits per heavy atom. The van der Waals surface area contributed by atoms with E-state index in [0.29, 0.717) is 40.4 Å². The van der Waals surface area contributed by atoms with Gasteiger partial charge in [-0.1, -0.05) is 60.1 Å². The molecule has 0 bridgehead atoms. The van der Waals surface area contributed by atoms with Crippen molar-refractivity contribution in [2.45, 2.75) is 44.9 Å². The molecule has 1 N–H and O–H groups in total. The molecule has 2 aliphatic heterocycles. The molecule has 41 heavy (non-hydrogen) atoms. The molecule has 10 heteroatoms. The number of anilines is 1.